The highest BCUT2D eigenvalue weighted by atomic mass is 16.5. The van der Waals surface area contributed by atoms with E-state index in [9.17, 15) is 0 Å². The summed E-state index contributed by atoms with van der Waals surface area (Å²) in [5, 5.41) is 13.0. The molecule has 0 saturated heterocycles. The van der Waals surface area contributed by atoms with Crippen molar-refractivity contribution in [2.45, 2.75) is 38.5 Å². The number of nitrogens with one attached hydrogen (secondary N) is 6. The van der Waals surface area contributed by atoms with Crippen molar-refractivity contribution >= 4 is 12.0 Å². The van der Waals surface area contributed by atoms with Crippen molar-refractivity contribution in [2.24, 2.45) is 11.5 Å². The van der Waals surface area contributed by atoms with Crippen molar-refractivity contribution in [3.05, 3.63) is 0 Å². The molecule has 0 spiro atoms. The molecule has 0 heterocycles. The van der Waals surface area contributed by atoms with E-state index in [4.69, 9.17) is 20.9 Å². The summed E-state index contributed by atoms with van der Waals surface area (Å²) >= 11 is 0. The lowest BCUT2D eigenvalue weighted by Crippen LogP contribution is -2.76. The first-order valence-electron chi connectivity index (χ1n) is 11.1. The van der Waals surface area contributed by atoms with Crippen molar-refractivity contribution in [1.29, 1.82) is 0 Å². The summed E-state index contributed by atoms with van der Waals surface area (Å²) in [6.07, 6.45) is 6.94. The van der Waals surface area contributed by atoms with Gasteiger partial charge in [-0.25, -0.2) is 9.98 Å². The summed E-state index contributed by atoms with van der Waals surface area (Å²) < 4.78 is 9.56. The zero-order valence-corrected chi connectivity index (χ0v) is 19.9. The fourth-order valence-corrected chi connectivity index (χ4v) is 2.35. The van der Waals surface area contributed by atoms with Crippen LogP contribution in [0.5, 0.6) is 0 Å². The third kappa shape index (κ3) is 28.6. The van der Waals surface area contributed by atoms with Gasteiger partial charge < -0.3 is 30.7 Å². The van der Waals surface area contributed by atoms with Crippen molar-refractivity contribution in [3.8, 4) is 0 Å². The second kappa shape index (κ2) is 27.4. The minimum absolute atomic E-state index is 0.393. The quantitative estimate of drug-likeness (QED) is 0.0619. The Balaban J connectivity index is 0. The molecule has 0 aliphatic heterocycles. The van der Waals surface area contributed by atoms with Gasteiger partial charge >= 0.3 is 12.0 Å². The molecule has 0 unspecified atom stereocenters. The van der Waals surface area contributed by atoms with Gasteiger partial charge in [-0.05, 0) is 91.9 Å². The summed E-state index contributed by atoms with van der Waals surface area (Å²) in [5.74, 6) is 0. The van der Waals surface area contributed by atoms with Crippen LogP contribution in [0.1, 0.15) is 38.5 Å². The lowest BCUT2D eigenvalue weighted by atomic mass is 10.3. The molecule has 0 saturated carbocycles. The average Bonchev–Trinajstić information content (AvgIpc) is 2.76. The van der Waals surface area contributed by atoms with Crippen LogP contribution in [0.2, 0.25) is 0 Å². The molecule has 30 heavy (non-hydrogen) atoms. The molecule has 0 rings (SSSR count). The third-order valence-electron chi connectivity index (χ3n) is 4.16. The van der Waals surface area contributed by atoms with Crippen LogP contribution in [0.15, 0.2) is 0 Å². The van der Waals surface area contributed by atoms with Crippen LogP contribution in [0.4, 0.5) is 0 Å². The van der Waals surface area contributed by atoms with E-state index in [-0.39, 0.29) is 0 Å². The zero-order valence-electron chi connectivity index (χ0n) is 19.9. The highest BCUT2D eigenvalue weighted by Gasteiger charge is 1.95. The second-order valence-corrected chi connectivity index (χ2v) is 6.82. The second-order valence-electron chi connectivity index (χ2n) is 6.82. The van der Waals surface area contributed by atoms with Crippen molar-refractivity contribution in [3.63, 3.8) is 0 Å². The molecule has 0 aliphatic carbocycles. The Morgan fingerprint density at radius 2 is 1.00 bits per heavy atom. The minimum Gasteiger partial charge on any atom is -0.435 e. The fraction of sp³-hybridized carbons (Fsp3) is 0.900. The monoisotopic (exact) mass is 434 g/mol. The molecule has 0 aromatic carbocycles. The first-order valence-corrected chi connectivity index (χ1v) is 11.1. The molecule has 10 heteroatoms. The molecule has 10 N–H and O–H groups in total. The Labute approximate surface area is 184 Å². The van der Waals surface area contributed by atoms with Crippen molar-refractivity contribution < 1.29 is 19.5 Å². The molecular formula is C20H50N8O2+2. The van der Waals surface area contributed by atoms with Gasteiger partial charge in [-0.1, -0.05) is 0 Å². The Morgan fingerprint density at radius 1 is 0.600 bits per heavy atom. The van der Waals surface area contributed by atoms with Crippen LogP contribution < -0.4 is 42.7 Å². The van der Waals surface area contributed by atoms with Crippen LogP contribution in [0.3, 0.4) is 0 Å². The van der Waals surface area contributed by atoms with E-state index < -0.39 is 0 Å². The summed E-state index contributed by atoms with van der Waals surface area (Å²) in [6, 6.07) is 0.793. The summed E-state index contributed by atoms with van der Waals surface area (Å²) in [6.45, 7) is 8.16. The molecule has 0 fully saturated rings. The molecule has 180 valence electrons. The van der Waals surface area contributed by atoms with Gasteiger partial charge in [0.15, 0.2) is 0 Å². The topological polar surface area (TPSA) is 147 Å². The molecule has 0 amide bonds. The van der Waals surface area contributed by atoms with Gasteiger partial charge in [-0.2, -0.15) is 0 Å². The maximum Gasteiger partial charge on any atom is 0.439 e. The number of methoxy groups -OCH3 is 2. The van der Waals surface area contributed by atoms with Crippen LogP contribution in [0.25, 0.3) is 0 Å². The highest BCUT2D eigenvalue weighted by molar-refractivity contribution is 5.64. The van der Waals surface area contributed by atoms with Crippen molar-refractivity contribution in [1.82, 2.24) is 21.3 Å². The van der Waals surface area contributed by atoms with Gasteiger partial charge in [0.05, 0.1) is 27.3 Å². The Kier molecular flexibility index (Phi) is 27.9. The molecule has 10 nitrogen and oxygen atoms in total. The molecule has 0 radical (unpaired) electrons. The zero-order chi connectivity index (χ0) is 22.7. The fourth-order valence-electron chi connectivity index (χ4n) is 2.35. The maximum absolute atomic E-state index is 5.43. The number of hydrogen-bond donors (Lipinski definition) is 8. The van der Waals surface area contributed by atoms with Crippen LogP contribution in [0, 0.1) is 0 Å². The lowest BCUT2D eigenvalue weighted by Gasteiger charge is -2.02. The predicted molar refractivity (Wildman–Crippen MR) is 125 cm³/mol. The number of amidine groups is 2. The number of rotatable bonds is 18. The number of ether oxygens (including phenoxy) is 2. The van der Waals surface area contributed by atoms with Gasteiger partial charge in [-0.3, -0.25) is 11.5 Å². The third-order valence-corrected chi connectivity index (χ3v) is 4.16. The van der Waals surface area contributed by atoms with E-state index in [2.05, 4.69) is 31.3 Å². The minimum atomic E-state index is 0.393. The molecular weight excluding hydrogens is 384 g/mol. The predicted octanol–water partition coefficient (Wildman–Crippen LogP) is -3.99. The average molecular weight is 435 g/mol. The van der Waals surface area contributed by atoms with Crippen LogP contribution >= 0.6 is 0 Å². The molecule has 0 aromatic heterocycles. The van der Waals surface area contributed by atoms with Crippen LogP contribution in [-0.2, 0) is 9.47 Å². The van der Waals surface area contributed by atoms with Crippen LogP contribution in [-0.4, -0.2) is 92.7 Å². The normalized spacial score (nSPS) is 11.7. The smallest absolute Gasteiger partial charge is 0.435 e. The number of nitrogens with two attached hydrogens (primary N) is 2. The van der Waals surface area contributed by atoms with Gasteiger partial charge in [0.1, 0.15) is 0 Å². The lowest BCUT2D eigenvalue weighted by molar-refractivity contribution is -0.469. The largest absolute Gasteiger partial charge is 0.439 e. The standard InChI is InChI=1S/2C10H24N4O/c1-12-6-5-8-13-7-3-4-9-14-10(11)15-2;1-12-6-3-4-7-13-8-5-9-14-10(11)15-2/h2*12-13H,3-9H2,1-2H3,(H2,11,14)/p+2. The summed E-state index contributed by atoms with van der Waals surface area (Å²) in [5.41, 5.74) is 10.9. The van der Waals surface area contributed by atoms with E-state index in [1.165, 1.54) is 19.3 Å². The summed E-state index contributed by atoms with van der Waals surface area (Å²) in [4.78, 5) is 5.94. The first-order chi connectivity index (χ1) is 14.6. The van der Waals surface area contributed by atoms with E-state index >= 15 is 0 Å². The Hall–Kier alpha value is -1.62. The maximum atomic E-state index is 5.43. The SMILES string of the molecule is CNCCCCNCCC[NH+]=C(N)OC.CNCCCNCCCC[NH+]=C(N)OC. The van der Waals surface area contributed by atoms with E-state index in [1.54, 1.807) is 14.2 Å². The first kappa shape index (κ1) is 30.6. The van der Waals surface area contributed by atoms with Gasteiger partial charge in [0, 0.05) is 0 Å². The van der Waals surface area contributed by atoms with Gasteiger partial charge in [0.25, 0.3) is 0 Å². The number of hydrogen-bond acceptors (Lipinski definition) is 6. The Morgan fingerprint density at radius 3 is 1.53 bits per heavy atom. The van der Waals surface area contributed by atoms with Crippen molar-refractivity contribution in [2.75, 3.05) is 80.7 Å². The molecule has 0 bridgehead atoms. The number of unbranched alkanes of at least 4 members (excludes halogenated alkanes) is 2. The van der Waals surface area contributed by atoms with E-state index in [0.29, 0.717) is 12.0 Å². The summed E-state index contributed by atoms with van der Waals surface area (Å²) in [7, 11) is 7.08. The van der Waals surface area contributed by atoms with Gasteiger partial charge in [0.2, 0.25) is 0 Å². The molecule has 0 atom stereocenters. The van der Waals surface area contributed by atoms with E-state index in [0.717, 1.165) is 71.6 Å². The Bertz CT molecular complexity index is 359. The van der Waals surface area contributed by atoms with Gasteiger partial charge in [-0.15, -0.1) is 0 Å². The molecule has 0 aromatic rings. The highest BCUT2D eigenvalue weighted by Crippen LogP contribution is 1.83. The van der Waals surface area contributed by atoms with E-state index in [1.807, 2.05) is 14.1 Å². The molecule has 0 aliphatic rings.